The first kappa shape index (κ1) is 11.2. The highest BCUT2D eigenvalue weighted by Gasteiger charge is 2.26. The third-order valence-corrected chi connectivity index (χ3v) is 2.27. The molecule has 2 heteroatoms. The van der Waals surface area contributed by atoms with Gasteiger partial charge < -0.3 is 4.74 Å². The van der Waals surface area contributed by atoms with Gasteiger partial charge in [-0.25, -0.2) is 4.79 Å². The third kappa shape index (κ3) is 2.68. The molecular weight excluding hydrogens is 152 g/mol. The van der Waals surface area contributed by atoms with Gasteiger partial charge in [0.25, 0.3) is 0 Å². The van der Waals surface area contributed by atoms with Crippen molar-refractivity contribution < 1.29 is 9.53 Å². The number of methoxy groups -OCH3 is 1. The second-order valence-electron chi connectivity index (χ2n) is 4.10. The topological polar surface area (TPSA) is 26.3 Å². The van der Waals surface area contributed by atoms with Gasteiger partial charge in [-0.2, -0.15) is 0 Å². The number of hydrogen-bond acceptors (Lipinski definition) is 2. The molecule has 0 aromatic heterocycles. The fourth-order valence-electron chi connectivity index (χ4n) is 0.831. The molecule has 70 valence electrons. The van der Waals surface area contributed by atoms with E-state index in [1.807, 2.05) is 6.92 Å². The Morgan fingerprint density at radius 3 is 2.08 bits per heavy atom. The fourth-order valence-corrected chi connectivity index (χ4v) is 0.831. The number of carbonyl (C=O) groups excluding carboxylic acids is 1. The van der Waals surface area contributed by atoms with Crippen molar-refractivity contribution in [2.24, 2.45) is 11.3 Å². The van der Waals surface area contributed by atoms with Crippen molar-refractivity contribution in [1.82, 2.24) is 0 Å². The lowest BCUT2D eigenvalue weighted by Gasteiger charge is -2.27. The van der Waals surface area contributed by atoms with Crippen molar-refractivity contribution in [3.8, 4) is 0 Å². The van der Waals surface area contributed by atoms with E-state index in [1.165, 1.54) is 7.11 Å². The van der Waals surface area contributed by atoms with E-state index in [4.69, 9.17) is 0 Å². The normalized spacial score (nSPS) is 13.8. The van der Waals surface area contributed by atoms with Crippen LogP contribution in [0, 0.1) is 11.3 Å². The molecule has 0 saturated carbocycles. The molecule has 0 N–H and O–H groups in total. The number of carbonyl (C=O) groups is 1. The van der Waals surface area contributed by atoms with Gasteiger partial charge in [0, 0.05) is 5.57 Å². The Balaban J connectivity index is 4.41. The first-order valence-electron chi connectivity index (χ1n) is 4.07. The number of rotatable bonds is 2. The largest absolute Gasteiger partial charge is 0.466 e. The summed E-state index contributed by atoms with van der Waals surface area (Å²) in [5.74, 6) is -0.164. The summed E-state index contributed by atoms with van der Waals surface area (Å²) in [5, 5.41) is 0. The molecule has 0 saturated heterocycles. The van der Waals surface area contributed by atoms with E-state index in [9.17, 15) is 4.79 Å². The maximum Gasteiger partial charge on any atom is 0.333 e. The van der Waals surface area contributed by atoms with Gasteiger partial charge in [-0.05, 0) is 11.3 Å². The van der Waals surface area contributed by atoms with Gasteiger partial charge in [-0.1, -0.05) is 34.3 Å². The van der Waals surface area contributed by atoms with Crippen molar-refractivity contribution in [2.75, 3.05) is 7.11 Å². The van der Waals surface area contributed by atoms with Crippen LogP contribution in [0.2, 0.25) is 0 Å². The smallest absolute Gasteiger partial charge is 0.333 e. The van der Waals surface area contributed by atoms with Crippen LogP contribution in [-0.4, -0.2) is 13.1 Å². The minimum atomic E-state index is -0.308. The SMILES string of the molecule is C=C(C(=O)OC)C(C)C(C)(C)C. The van der Waals surface area contributed by atoms with Gasteiger partial charge in [-0.3, -0.25) is 0 Å². The van der Waals surface area contributed by atoms with Crippen molar-refractivity contribution >= 4 is 5.97 Å². The van der Waals surface area contributed by atoms with Gasteiger partial charge in [0.05, 0.1) is 7.11 Å². The van der Waals surface area contributed by atoms with E-state index in [0.29, 0.717) is 5.57 Å². The van der Waals surface area contributed by atoms with Crippen molar-refractivity contribution in [1.29, 1.82) is 0 Å². The molecule has 0 bridgehead atoms. The molecular formula is C10H18O2. The lowest BCUT2D eigenvalue weighted by Crippen LogP contribution is -2.23. The average molecular weight is 170 g/mol. The van der Waals surface area contributed by atoms with Crippen molar-refractivity contribution in [2.45, 2.75) is 27.7 Å². The molecule has 0 amide bonds. The molecule has 0 aromatic carbocycles. The van der Waals surface area contributed by atoms with E-state index in [1.54, 1.807) is 0 Å². The third-order valence-electron chi connectivity index (χ3n) is 2.27. The number of ether oxygens (including phenoxy) is 1. The average Bonchev–Trinajstić information content (AvgIpc) is 1.98. The Bertz CT molecular complexity index is 187. The maximum absolute atomic E-state index is 11.1. The Hall–Kier alpha value is -0.790. The molecule has 0 aliphatic heterocycles. The predicted octanol–water partition coefficient (Wildman–Crippen LogP) is 2.40. The van der Waals surface area contributed by atoms with Crippen LogP contribution in [0.3, 0.4) is 0 Å². The summed E-state index contributed by atoms with van der Waals surface area (Å²) < 4.78 is 4.59. The van der Waals surface area contributed by atoms with Crippen LogP contribution in [0.15, 0.2) is 12.2 Å². The summed E-state index contributed by atoms with van der Waals surface area (Å²) in [4.78, 5) is 11.1. The van der Waals surface area contributed by atoms with E-state index in [2.05, 4.69) is 32.1 Å². The van der Waals surface area contributed by atoms with Crippen LogP contribution in [-0.2, 0) is 9.53 Å². The highest BCUT2D eigenvalue weighted by molar-refractivity contribution is 5.88. The van der Waals surface area contributed by atoms with Crippen LogP contribution in [0.4, 0.5) is 0 Å². The molecule has 0 aliphatic carbocycles. The first-order chi connectivity index (χ1) is 5.30. The minimum Gasteiger partial charge on any atom is -0.466 e. The lowest BCUT2D eigenvalue weighted by molar-refractivity contribution is -0.137. The van der Waals surface area contributed by atoms with Crippen LogP contribution in [0.25, 0.3) is 0 Å². The zero-order valence-corrected chi connectivity index (χ0v) is 8.60. The highest BCUT2D eigenvalue weighted by Crippen LogP contribution is 2.30. The minimum absolute atomic E-state index is 0.0608. The lowest BCUT2D eigenvalue weighted by atomic mass is 9.78. The second-order valence-corrected chi connectivity index (χ2v) is 4.10. The Morgan fingerprint density at radius 2 is 1.83 bits per heavy atom. The van der Waals surface area contributed by atoms with Crippen LogP contribution < -0.4 is 0 Å². The molecule has 0 heterocycles. The van der Waals surface area contributed by atoms with Crippen LogP contribution >= 0.6 is 0 Å². The molecule has 0 rings (SSSR count). The van der Waals surface area contributed by atoms with Crippen LogP contribution in [0.1, 0.15) is 27.7 Å². The molecule has 0 fully saturated rings. The fraction of sp³-hybridized carbons (Fsp3) is 0.700. The first-order valence-corrected chi connectivity index (χ1v) is 4.07. The number of esters is 1. The Labute approximate surface area is 74.6 Å². The molecule has 2 nitrogen and oxygen atoms in total. The van der Waals surface area contributed by atoms with Crippen molar-refractivity contribution in [3.63, 3.8) is 0 Å². The standard InChI is InChI=1S/C10H18O2/c1-7(9(11)12-6)8(2)10(3,4)5/h8H,1H2,2-6H3. The zero-order valence-electron chi connectivity index (χ0n) is 8.60. The molecule has 1 atom stereocenters. The van der Waals surface area contributed by atoms with Gasteiger partial charge >= 0.3 is 5.97 Å². The molecule has 0 aromatic rings. The molecule has 0 spiro atoms. The zero-order chi connectivity index (χ0) is 9.94. The summed E-state index contributed by atoms with van der Waals surface area (Å²) in [6.07, 6.45) is 0. The summed E-state index contributed by atoms with van der Waals surface area (Å²) in [5.41, 5.74) is 0.607. The second kappa shape index (κ2) is 3.74. The van der Waals surface area contributed by atoms with E-state index in [-0.39, 0.29) is 17.3 Å². The van der Waals surface area contributed by atoms with E-state index < -0.39 is 0 Å². The summed E-state index contributed by atoms with van der Waals surface area (Å²) in [6.45, 7) is 11.9. The Morgan fingerprint density at radius 1 is 1.42 bits per heavy atom. The van der Waals surface area contributed by atoms with E-state index in [0.717, 1.165) is 0 Å². The van der Waals surface area contributed by atoms with Crippen LogP contribution in [0.5, 0.6) is 0 Å². The summed E-state index contributed by atoms with van der Waals surface area (Å²) in [6, 6.07) is 0. The van der Waals surface area contributed by atoms with Gasteiger partial charge in [0.1, 0.15) is 0 Å². The van der Waals surface area contributed by atoms with Gasteiger partial charge in [-0.15, -0.1) is 0 Å². The van der Waals surface area contributed by atoms with Gasteiger partial charge in [0.15, 0.2) is 0 Å². The Kier molecular flexibility index (Phi) is 3.50. The molecule has 0 aliphatic rings. The molecule has 12 heavy (non-hydrogen) atoms. The maximum atomic E-state index is 11.1. The van der Waals surface area contributed by atoms with E-state index >= 15 is 0 Å². The van der Waals surface area contributed by atoms with Crippen molar-refractivity contribution in [3.05, 3.63) is 12.2 Å². The summed E-state index contributed by atoms with van der Waals surface area (Å²) in [7, 11) is 1.38. The predicted molar refractivity (Wildman–Crippen MR) is 49.8 cm³/mol. The number of hydrogen-bond donors (Lipinski definition) is 0. The molecule has 1 unspecified atom stereocenters. The van der Waals surface area contributed by atoms with Gasteiger partial charge in [0.2, 0.25) is 0 Å². The summed E-state index contributed by atoms with van der Waals surface area (Å²) >= 11 is 0. The highest BCUT2D eigenvalue weighted by atomic mass is 16.5. The quantitative estimate of drug-likeness (QED) is 0.470. The molecule has 0 radical (unpaired) electrons. The monoisotopic (exact) mass is 170 g/mol.